The van der Waals surface area contributed by atoms with Crippen LogP contribution in [0.5, 0.6) is 0 Å². The standard InChI is InChI=1S/C27H18ClFN2O2S/c28-20-10-7-18(8-11-20)26-22-3-1-2-4-24(22)34(33)25-14-9-19(15-23(25)31-26)27(32)30-16-17-5-12-21(29)13-6-17/h1-15H,16H2,(H,30,32). The molecule has 1 unspecified atom stereocenters. The van der Waals surface area contributed by atoms with Crippen molar-refractivity contribution in [3.63, 3.8) is 0 Å². The number of benzene rings is 4. The molecule has 5 rings (SSSR count). The van der Waals surface area contributed by atoms with Crippen LogP contribution in [0, 0.1) is 5.82 Å². The molecular weight excluding hydrogens is 471 g/mol. The molecule has 4 nitrogen and oxygen atoms in total. The number of amides is 1. The zero-order chi connectivity index (χ0) is 23.7. The molecule has 0 spiro atoms. The first-order chi connectivity index (χ1) is 16.5. The molecule has 0 radical (unpaired) electrons. The first-order valence-corrected chi connectivity index (χ1v) is 12.0. The molecular formula is C27H18ClFN2O2S. The van der Waals surface area contributed by atoms with Crippen molar-refractivity contribution in [1.29, 1.82) is 0 Å². The molecule has 1 atom stereocenters. The molecule has 0 saturated carbocycles. The van der Waals surface area contributed by atoms with Crippen molar-refractivity contribution in [2.45, 2.75) is 16.3 Å². The number of halogens is 2. The van der Waals surface area contributed by atoms with Crippen molar-refractivity contribution >= 4 is 40.1 Å². The lowest BCUT2D eigenvalue weighted by Crippen LogP contribution is -2.22. The summed E-state index contributed by atoms with van der Waals surface area (Å²) in [5.41, 5.74) is 3.89. The summed E-state index contributed by atoms with van der Waals surface area (Å²) in [6.07, 6.45) is 0. The van der Waals surface area contributed by atoms with Gasteiger partial charge in [-0.05, 0) is 60.2 Å². The zero-order valence-electron chi connectivity index (χ0n) is 17.8. The molecule has 4 aromatic rings. The third-order valence-corrected chi connectivity index (χ3v) is 7.23. The first-order valence-electron chi connectivity index (χ1n) is 10.5. The normalized spacial score (nSPS) is 14.4. The lowest BCUT2D eigenvalue weighted by molar-refractivity contribution is 0.0951. The van der Waals surface area contributed by atoms with Gasteiger partial charge in [-0.15, -0.1) is 0 Å². The van der Waals surface area contributed by atoms with Gasteiger partial charge in [-0.25, -0.2) is 9.38 Å². The second kappa shape index (κ2) is 9.43. The molecule has 1 N–H and O–H groups in total. The highest BCUT2D eigenvalue weighted by molar-refractivity contribution is 7.91. The van der Waals surface area contributed by atoms with E-state index in [0.29, 0.717) is 31.8 Å². The molecule has 1 aliphatic rings. The van der Waals surface area contributed by atoms with E-state index in [-0.39, 0.29) is 18.3 Å². The number of aliphatic imine (C=N–C) groups is 1. The number of rotatable bonds is 4. The Labute approximate surface area is 204 Å². The number of fused-ring (bicyclic) bond motifs is 2. The van der Waals surface area contributed by atoms with E-state index in [4.69, 9.17) is 16.6 Å². The van der Waals surface area contributed by atoms with Crippen LogP contribution in [0.4, 0.5) is 10.1 Å². The van der Waals surface area contributed by atoms with Crippen molar-refractivity contribution < 1.29 is 13.7 Å². The number of nitrogens with one attached hydrogen (secondary N) is 1. The minimum absolute atomic E-state index is 0.257. The van der Waals surface area contributed by atoms with Crippen LogP contribution >= 0.6 is 11.6 Å². The Bertz CT molecular complexity index is 1410. The second-order valence-electron chi connectivity index (χ2n) is 7.72. The van der Waals surface area contributed by atoms with Crippen molar-refractivity contribution in [2.24, 2.45) is 4.99 Å². The van der Waals surface area contributed by atoms with Crippen LogP contribution < -0.4 is 5.32 Å². The second-order valence-corrected chi connectivity index (χ2v) is 9.58. The van der Waals surface area contributed by atoms with Crippen LogP contribution in [0.15, 0.2) is 106 Å². The molecule has 0 bridgehead atoms. The number of carbonyl (C=O) groups excluding carboxylic acids is 1. The number of hydrogen-bond donors (Lipinski definition) is 1. The predicted octanol–water partition coefficient (Wildman–Crippen LogP) is 6.06. The van der Waals surface area contributed by atoms with Crippen LogP contribution in [0.25, 0.3) is 0 Å². The number of carbonyl (C=O) groups is 1. The summed E-state index contributed by atoms with van der Waals surface area (Å²) in [4.78, 5) is 18.9. The molecule has 1 heterocycles. The van der Waals surface area contributed by atoms with Crippen LogP contribution in [-0.2, 0) is 17.7 Å². The fourth-order valence-electron chi connectivity index (χ4n) is 3.74. The minimum atomic E-state index is -1.47. The fraction of sp³-hybridized carbons (Fsp3) is 0.0370. The summed E-state index contributed by atoms with van der Waals surface area (Å²) in [6.45, 7) is 0.257. The largest absolute Gasteiger partial charge is 0.606 e. The van der Waals surface area contributed by atoms with Gasteiger partial charge in [-0.2, -0.15) is 0 Å². The Hall–Kier alpha value is -3.45. The van der Waals surface area contributed by atoms with Gasteiger partial charge in [0, 0.05) is 33.9 Å². The van der Waals surface area contributed by atoms with Crippen molar-refractivity contribution in [3.8, 4) is 0 Å². The van der Waals surface area contributed by atoms with Gasteiger partial charge < -0.3 is 9.87 Å². The van der Waals surface area contributed by atoms with E-state index in [1.165, 1.54) is 12.1 Å². The quantitative estimate of drug-likeness (QED) is 0.355. The van der Waals surface area contributed by atoms with Crippen LogP contribution in [0.3, 0.4) is 0 Å². The lowest BCUT2D eigenvalue weighted by Gasteiger charge is -2.13. The van der Waals surface area contributed by atoms with Crippen molar-refractivity contribution in [3.05, 3.63) is 124 Å². The van der Waals surface area contributed by atoms with E-state index < -0.39 is 11.2 Å². The van der Waals surface area contributed by atoms with E-state index in [9.17, 15) is 13.7 Å². The summed E-state index contributed by atoms with van der Waals surface area (Å²) >= 11 is 4.60. The summed E-state index contributed by atoms with van der Waals surface area (Å²) < 4.78 is 26.6. The van der Waals surface area contributed by atoms with Crippen LogP contribution in [0.1, 0.15) is 27.0 Å². The molecule has 168 valence electrons. The highest BCUT2D eigenvalue weighted by Crippen LogP contribution is 2.37. The molecule has 34 heavy (non-hydrogen) atoms. The Morgan fingerprint density at radius 2 is 1.68 bits per heavy atom. The topological polar surface area (TPSA) is 64.5 Å². The van der Waals surface area contributed by atoms with E-state index >= 15 is 0 Å². The van der Waals surface area contributed by atoms with E-state index in [2.05, 4.69) is 5.32 Å². The lowest BCUT2D eigenvalue weighted by atomic mass is 10.0. The highest BCUT2D eigenvalue weighted by atomic mass is 35.5. The molecule has 1 amide bonds. The van der Waals surface area contributed by atoms with Crippen molar-refractivity contribution in [1.82, 2.24) is 5.32 Å². The first kappa shape index (κ1) is 22.3. The van der Waals surface area contributed by atoms with E-state index in [1.807, 2.05) is 36.4 Å². The van der Waals surface area contributed by atoms with Crippen LogP contribution in [0.2, 0.25) is 5.02 Å². The maximum Gasteiger partial charge on any atom is 0.251 e. The van der Waals surface area contributed by atoms with Gasteiger partial charge in [0.05, 0.1) is 11.3 Å². The van der Waals surface area contributed by atoms with Gasteiger partial charge >= 0.3 is 0 Å². The monoisotopic (exact) mass is 488 g/mol. The summed E-state index contributed by atoms with van der Waals surface area (Å²) in [7, 11) is 0. The SMILES string of the molecule is O=C(NCc1ccc(F)cc1)c1ccc2c(c1)N=C(c1ccc(Cl)cc1)c1ccccc1[S+]2[O-]. The molecule has 0 saturated heterocycles. The average Bonchev–Trinajstić information content (AvgIpc) is 2.98. The highest BCUT2D eigenvalue weighted by Gasteiger charge is 2.29. The molecule has 0 aliphatic carbocycles. The molecule has 0 aromatic heterocycles. The van der Waals surface area contributed by atoms with Gasteiger partial charge in [0.2, 0.25) is 0 Å². The minimum Gasteiger partial charge on any atom is -0.606 e. The smallest absolute Gasteiger partial charge is 0.251 e. The molecule has 0 fully saturated rings. The number of hydrogen-bond acceptors (Lipinski definition) is 3. The molecule has 4 aromatic carbocycles. The van der Waals surface area contributed by atoms with Crippen LogP contribution in [-0.4, -0.2) is 16.2 Å². The van der Waals surface area contributed by atoms with E-state index in [0.717, 1.165) is 16.7 Å². The van der Waals surface area contributed by atoms with Crippen molar-refractivity contribution in [2.75, 3.05) is 0 Å². The Balaban J connectivity index is 1.52. The zero-order valence-corrected chi connectivity index (χ0v) is 19.4. The van der Waals surface area contributed by atoms with Gasteiger partial charge in [0.1, 0.15) is 11.5 Å². The summed E-state index contributed by atoms with van der Waals surface area (Å²) in [5.74, 6) is -0.632. The summed E-state index contributed by atoms with van der Waals surface area (Å²) in [6, 6.07) is 25.7. The maximum atomic E-state index is 13.5. The Morgan fingerprint density at radius 1 is 0.941 bits per heavy atom. The van der Waals surface area contributed by atoms with Gasteiger partial charge in [-0.1, -0.05) is 48.0 Å². The summed E-state index contributed by atoms with van der Waals surface area (Å²) in [5, 5.41) is 3.44. The van der Waals surface area contributed by atoms with Gasteiger partial charge in [0.25, 0.3) is 5.91 Å². The number of nitrogens with zero attached hydrogens (tertiary/aromatic N) is 1. The third kappa shape index (κ3) is 4.48. The Morgan fingerprint density at radius 3 is 2.44 bits per heavy atom. The Kier molecular flexibility index (Phi) is 6.20. The fourth-order valence-corrected chi connectivity index (χ4v) is 5.16. The predicted molar refractivity (Wildman–Crippen MR) is 132 cm³/mol. The average molecular weight is 489 g/mol. The third-order valence-electron chi connectivity index (χ3n) is 5.48. The van der Waals surface area contributed by atoms with Gasteiger partial charge in [-0.3, -0.25) is 4.79 Å². The molecule has 7 heteroatoms. The van der Waals surface area contributed by atoms with E-state index in [1.54, 1.807) is 42.5 Å². The molecule has 1 aliphatic heterocycles. The van der Waals surface area contributed by atoms with Gasteiger partial charge in [0.15, 0.2) is 9.79 Å². The maximum absolute atomic E-state index is 13.5.